The van der Waals surface area contributed by atoms with Crippen molar-refractivity contribution in [3.8, 4) is 0 Å². The number of imidazole rings is 1. The number of carbonyl (C=O) groups excluding carboxylic acids is 1. The first-order chi connectivity index (χ1) is 8.16. The minimum Gasteiger partial charge on any atom is -0.384 e. The van der Waals surface area contributed by atoms with Crippen molar-refractivity contribution in [3.05, 3.63) is 42.1 Å². The number of aromatic amines is 1. The molecule has 2 aromatic rings. The van der Waals surface area contributed by atoms with E-state index in [1.165, 1.54) is 12.3 Å². The van der Waals surface area contributed by atoms with Gasteiger partial charge in [0.1, 0.15) is 11.6 Å². The van der Waals surface area contributed by atoms with Crippen molar-refractivity contribution in [2.45, 2.75) is 13.0 Å². The lowest BCUT2D eigenvalue weighted by Crippen LogP contribution is -2.27. The zero-order chi connectivity index (χ0) is 12.3. The maximum Gasteiger partial charge on any atom is 0.252 e. The van der Waals surface area contributed by atoms with E-state index in [1.54, 1.807) is 18.5 Å². The fourth-order valence-electron chi connectivity index (χ4n) is 1.45. The van der Waals surface area contributed by atoms with Crippen molar-refractivity contribution in [1.82, 2.24) is 20.3 Å². The molecule has 6 heteroatoms. The van der Waals surface area contributed by atoms with Crippen LogP contribution >= 0.6 is 0 Å². The number of aromatic nitrogens is 3. The van der Waals surface area contributed by atoms with Gasteiger partial charge in [-0.1, -0.05) is 0 Å². The van der Waals surface area contributed by atoms with Crippen LogP contribution in [-0.4, -0.2) is 20.9 Å². The molecule has 0 aromatic carbocycles. The Morgan fingerprint density at radius 1 is 1.47 bits per heavy atom. The van der Waals surface area contributed by atoms with Gasteiger partial charge in [0.05, 0.1) is 6.04 Å². The van der Waals surface area contributed by atoms with Crippen LogP contribution in [0.2, 0.25) is 0 Å². The summed E-state index contributed by atoms with van der Waals surface area (Å²) in [5.74, 6) is 0.826. The van der Waals surface area contributed by atoms with Gasteiger partial charge in [0.15, 0.2) is 0 Å². The lowest BCUT2D eigenvalue weighted by atomic mass is 10.2. The van der Waals surface area contributed by atoms with Gasteiger partial charge >= 0.3 is 0 Å². The van der Waals surface area contributed by atoms with Crippen LogP contribution in [0.25, 0.3) is 0 Å². The topological polar surface area (TPSA) is 96.7 Å². The van der Waals surface area contributed by atoms with Crippen LogP contribution in [0.15, 0.2) is 30.7 Å². The largest absolute Gasteiger partial charge is 0.384 e. The maximum atomic E-state index is 11.9. The smallest absolute Gasteiger partial charge is 0.252 e. The summed E-state index contributed by atoms with van der Waals surface area (Å²) in [5.41, 5.74) is 5.99. The van der Waals surface area contributed by atoms with Crippen LogP contribution in [0, 0.1) is 0 Å². The first-order valence-corrected chi connectivity index (χ1v) is 5.18. The number of pyridine rings is 1. The molecule has 1 unspecified atom stereocenters. The zero-order valence-electron chi connectivity index (χ0n) is 9.34. The van der Waals surface area contributed by atoms with Gasteiger partial charge in [-0.25, -0.2) is 9.97 Å². The Hall–Kier alpha value is -2.37. The molecular formula is C11H13N5O. The molecule has 6 nitrogen and oxygen atoms in total. The first kappa shape index (κ1) is 11.1. The molecule has 0 radical (unpaired) electrons. The number of hydrogen-bond acceptors (Lipinski definition) is 4. The Bertz CT molecular complexity index is 508. The Morgan fingerprint density at radius 2 is 2.29 bits per heavy atom. The van der Waals surface area contributed by atoms with Gasteiger partial charge < -0.3 is 16.0 Å². The van der Waals surface area contributed by atoms with Gasteiger partial charge in [0.25, 0.3) is 5.91 Å². The van der Waals surface area contributed by atoms with Gasteiger partial charge in [0, 0.05) is 24.2 Å². The number of H-pyrrole nitrogens is 1. The third-order valence-electron chi connectivity index (χ3n) is 2.32. The summed E-state index contributed by atoms with van der Waals surface area (Å²) in [5, 5.41) is 2.81. The van der Waals surface area contributed by atoms with Crippen molar-refractivity contribution in [2.24, 2.45) is 0 Å². The highest BCUT2D eigenvalue weighted by Gasteiger charge is 2.12. The normalized spacial score (nSPS) is 12.1. The molecule has 0 fully saturated rings. The molecule has 0 bridgehead atoms. The Balaban J connectivity index is 2.07. The monoisotopic (exact) mass is 231 g/mol. The molecule has 0 spiro atoms. The van der Waals surface area contributed by atoms with Crippen molar-refractivity contribution in [3.63, 3.8) is 0 Å². The number of nitrogens with two attached hydrogens (primary N) is 1. The number of anilines is 1. The molecule has 0 saturated heterocycles. The molecule has 1 atom stereocenters. The highest BCUT2D eigenvalue weighted by Crippen LogP contribution is 2.08. The van der Waals surface area contributed by atoms with E-state index in [9.17, 15) is 4.79 Å². The minimum atomic E-state index is -0.206. The molecule has 88 valence electrons. The van der Waals surface area contributed by atoms with E-state index in [4.69, 9.17) is 5.73 Å². The summed E-state index contributed by atoms with van der Waals surface area (Å²) >= 11 is 0. The standard InChI is InChI=1S/C11H13N5O/c1-7(10-14-4-5-15-10)16-11(17)8-2-3-13-9(12)6-8/h2-7H,1H3,(H2,12,13)(H,14,15)(H,16,17). The average molecular weight is 231 g/mol. The third-order valence-corrected chi connectivity index (χ3v) is 2.32. The predicted octanol–water partition coefficient (Wildman–Crippen LogP) is 0.878. The van der Waals surface area contributed by atoms with Gasteiger partial charge in [-0.2, -0.15) is 0 Å². The molecule has 2 heterocycles. The Morgan fingerprint density at radius 3 is 2.94 bits per heavy atom. The molecule has 2 rings (SSSR count). The first-order valence-electron chi connectivity index (χ1n) is 5.18. The summed E-state index contributed by atoms with van der Waals surface area (Å²) in [6.07, 6.45) is 4.85. The molecule has 0 aliphatic carbocycles. The molecule has 4 N–H and O–H groups in total. The number of nitrogen functional groups attached to an aromatic ring is 1. The van der Waals surface area contributed by atoms with Crippen molar-refractivity contribution < 1.29 is 4.79 Å². The molecular weight excluding hydrogens is 218 g/mol. The lowest BCUT2D eigenvalue weighted by molar-refractivity contribution is 0.0938. The molecule has 0 aliphatic heterocycles. The van der Waals surface area contributed by atoms with Crippen LogP contribution in [0.3, 0.4) is 0 Å². The highest BCUT2D eigenvalue weighted by molar-refractivity contribution is 5.94. The molecule has 1 amide bonds. The SMILES string of the molecule is CC(NC(=O)c1ccnc(N)c1)c1ncc[nH]1. The number of rotatable bonds is 3. The van der Waals surface area contributed by atoms with Crippen molar-refractivity contribution in [2.75, 3.05) is 5.73 Å². The minimum absolute atomic E-state index is 0.188. The fourth-order valence-corrected chi connectivity index (χ4v) is 1.45. The molecule has 17 heavy (non-hydrogen) atoms. The van der Waals surface area contributed by atoms with Gasteiger partial charge in [-0.05, 0) is 19.1 Å². The Labute approximate surface area is 98.3 Å². The second-order valence-electron chi connectivity index (χ2n) is 3.64. The van der Waals surface area contributed by atoms with Crippen molar-refractivity contribution >= 4 is 11.7 Å². The summed E-state index contributed by atoms with van der Waals surface area (Å²) in [7, 11) is 0. The second kappa shape index (κ2) is 4.65. The van der Waals surface area contributed by atoms with E-state index in [0.717, 1.165) is 0 Å². The quantitative estimate of drug-likeness (QED) is 0.730. The van der Waals surface area contributed by atoms with Crippen LogP contribution in [-0.2, 0) is 0 Å². The number of amides is 1. The van der Waals surface area contributed by atoms with Crippen molar-refractivity contribution in [1.29, 1.82) is 0 Å². The Kier molecular flexibility index (Phi) is 3.04. The molecule has 2 aromatic heterocycles. The van der Waals surface area contributed by atoms with Gasteiger partial charge in [-0.3, -0.25) is 4.79 Å². The second-order valence-corrected chi connectivity index (χ2v) is 3.64. The van der Waals surface area contributed by atoms with E-state index in [1.807, 2.05) is 6.92 Å². The van der Waals surface area contributed by atoms with E-state index >= 15 is 0 Å². The van der Waals surface area contributed by atoms with Crippen LogP contribution in [0.4, 0.5) is 5.82 Å². The summed E-state index contributed by atoms with van der Waals surface area (Å²) in [6, 6.07) is 2.96. The van der Waals surface area contributed by atoms with Gasteiger partial charge in [-0.15, -0.1) is 0 Å². The van der Waals surface area contributed by atoms with E-state index in [0.29, 0.717) is 17.2 Å². The highest BCUT2D eigenvalue weighted by atomic mass is 16.1. The number of nitrogens with one attached hydrogen (secondary N) is 2. The lowest BCUT2D eigenvalue weighted by Gasteiger charge is -2.11. The number of carbonyl (C=O) groups is 1. The molecule has 0 aliphatic rings. The maximum absolute atomic E-state index is 11.9. The average Bonchev–Trinajstić information content (AvgIpc) is 2.82. The number of nitrogens with zero attached hydrogens (tertiary/aromatic N) is 2. The summed E-state index contributed by atoms with van der Waals surface area (Å²) < 4.78 is 0. The number of hydrogen-bond donors (Lipinski definition) is 3. The third kappa shape index (κ3) is 2.60. The predicted molar refractivity (Wildman–Crippen MR) is 63.1 cm³/mol. The van der Waals surface area contributed by atoms with Gasteiger partial charge in [0.2, 0.25) is 0 Å². The molecule has 0 saturated carbocycles. The van der Waals surface area contributed by atoms with Crippen LogP contribution < -0.4 is 11.1 Å². The van der Waals surface area contributed by atoms with Crippen LogP contribution in [0.1, 0.15) is 29.1 Å². The van der Waals surface area contributed by atoms with Crippen LogP contribution in [0.5, 0.6) is 0 Å². The van der Waals surface area contributed by atoms with E-state index in [-0.39, 0.29) is 11.9 Å². The summed E-state index contributed by atoms with van der Waals surface area (Å²) in [4.78, 5) is 22.7. The fraction of sp³-hybridized carbons (Fsp3) is 0.182. The zero-order valence-corrected chi connectivity index (χ0v) is 9.34. The summed E-state index contributed by atoms with van der Waals surface area (Å²) in [6.45, 7) is 1.85. The van der Waals surface area contributed by atoms with E-state index in [2.05, 4.69) is 20.3 Å². The van der Waals surface area contributed by atoms with E-state index < -0.39 is 0 Å².